The fraction of sp³-hybridized carbons (Fsp3) is 0.467. The number of hydrogen-bond acceptors (Lipinski definition) is 2. The molecule has 3 nitrogen and oxygen atoms in total. The van der Waals surface area contributed by atoms with Gasteiger partial charge in [-0.15, -0.1) is 0 Å². The molecule has 0 radical (unpaired) electrons. The summed E-state index contributed by atoms with van der Waals surface area (Å²) in [5, 5.41) is 2.97. The smallest absolute Gasteiger partial charge is 0.224 e. The predicted octanol–water partition coefficient (Wildman–Crippen LogP) is 2.22. The molecule has 3 N–H and O–H groups in total. The highest BCUT2D eigenvalue weighted by atomic mass is 32.1. The fourth-order valence-corrected chi connectivity index (χ4v) is 2.71. The molecule has 4 heteroatoms. The van der Waals surface area contributed by atoms with Crippen LogP contribution in [0.4, 0.5) is 0 Å². The van der Waals surface area contributed by atoms with E-state index in [0.717, 1.165) is 6.42 Å². The largest absolute Gasteiger partial charge is 0.392 e. The van der Waals surface area contributed by atoms with Crippen LogP contribution in [0.2, 0.25) is 0 Å². The van der Waals surface area contributed by atoms with Crippen molar-refractivity contribution in [2.24, 2.45) is 17.6 Å². The summed E-state index contributed by atoms with van der Waals surface area (Å²) >= 11 is 5.00. The standard InChI is InChI=1S/C15H20N2OS/c1-9(2)13(14(16)19)17-15(18)12-8-11(12)10-6-4-3-5-7-10/h3-7,9,11-13H,8H2,1-2H3,(H2,16,19)(H,17,18). The van der Waals surface area contributed by atoms with E-state index in [2.05, 4.69) is 17.4 Å². The third kappa shape index (κ3) is 3.32. The summed E-state index contributed by atoms with van der Waals surface area (Å²) in [6.07, 6.45) is 0.915. The Kier molecular flexibility index (Phi) is 4.20. The molecule has 102 valence electrons. The van der Waals surface area contributed by atoms with Crippen molar-refractivity contribution in [3.8, 4) is 0 Å². The highest BCUT2D eigenvalue weighted by Crippen LogP contribution is 2.47. The Morgan fingerprint density at radius 3 is 2.53 bits per heavy atom. The fourth-order valence-electron chi connectivity index (χ4n) is 2.38. The Balaban J connectivity index is 1.94. The zero-order chi connectivity index (χ0) is 14.0. The summed E-state index contributed by atoms with van der Waals surface area (Å²) < 4.78 is 0. The summed E-state index contributed by atoms with van der Waals surface area (Å²) in [6, 6.07) is 9.95. The number of nitrogens with one attached hydrogen (secondary N) is 1. The average molecular weight is 276 g/mol. The maximum absolute atomic E-state index is 12.2. The van der Waals surface area contributed by atoms with Gasteiger partial charge in [-0.2, -0.15) is 0 Å². The number of hydrogen-bond donors (Lipinski definition) is 2. The highest BCUT2D eigenvalue weighted by Gasteiger charge is 2.44. The number of thiocarbonyl (C=S) groups is 1. The van der Waals surface area contributed by atoms with E-state index in [1.807, 2.05) is 32.0 Å². The molecule has 1 saturated carbocycles. The molecule has 1 amide bonds. The summed E-state index contributed by atoms with van der Waals surface area (Å²) in [7, 11) is 0. The van der Waals surface area contributed by atoms with Gasteiger partial charge in [-0.05, 0) is 23.8 Å². The van der Waals surface area contributed by atoms with Crippen LogP contribution >= 0.6 is 12.2 Å². The van der Waals surface area contributed by atoms with Crippen LogP contribution in [0.3, 0.4) is 0 Å². The van der Waals surface area contributed by atoms with E-state index >= 15 is 0 Å². The normalized spacial score (nSPS) is 22.9. The van der Waals surface area contributed by atoms with Crippen molar-refractivity contribution in [1.82, 2.24) is 5.32 Å². The molecule has 0 aliphatic heterocycles. The van der Waals surface area contributed by atoms with Crippen LogP contribution in [0.5, 0.6) is 0 Å². The molecular weight excluding hydrogens is 256 g/mol. The van der Waals surface area contributed by atoms with Crippen LogP contribution in [0.25, 0.3) is 0 Å². The predicted molar refractivity (Wildman–Crippen MR) is 80.8 cm³/mol. The summed E-state index contributed by atoms with van der Waals surface area (Å²) in [4.78, 5) is 12.5. The maximum Gasteiger partial charge on any atom is 0.224 e. The molecule has 1 aromatic carbocycles. The molecule has 0 aromatic heterocycles. The van der Waals surface area contributed by atoms with Gasteiger partial charge in [0.15, 0.2) is 0 Å². The minimum Gasteiger partial charge on any atom is -0.392 e. The molecule has 0 saturated heterocycles. The van der Waals surface area contributed by atoms with Crippen LogP contribution in [0.1, 0.15) is 31.7 Å². The molecule has 3 atom stereocenters. The van der Waals surface area contributed by atoms with Crippen LogP contribution in [-0.2, 0) is 4.79 Å². The minimum atomic E-state index is -0.209. The lowest BCUT2D eigenvalue weighted by Crippen LogP contribution is -2.47. The monoisotopic (exact) mass is 276 g/mol. The van der Waals surface area contributed by atoms with Crippen molar-refractivity contribution in [2.75, 3.05) is 0 Å². The van der Waals surface area contributed by atoms with Crippen molar-refractivity contribution < 1.29 is 4.79 Å². The number of carbonyl (C=O) groups excluding carboxylic acids is 1. The van der Waals surface area contributed by atoms with Crippen LogP contribution in [0.15, 0.2) is 30.3 Å². The Hall–Kier alpha value is -1.42. The SMILES string of the molecule is CC(C)C(NC(=O)C1CC1c1ccccc1)C(N)=S. The summed E-state index contributed by atoms with van der Waals surface area (Å²) in [5.74, 6) is 0.703. The van der Waals surface area contributed by atoms with Crippen molar-refractivity contribution in [1.29, 1.82) is 0 Å². The van der Waals surface area contributed by atoms with Crippen molar-refractivity contribution in [3.05, 3.63) is 35.9 Å². The molecule has 2 rings (SSSR count). The first-order valence-electron chi connectivity index (χ1n) is 6.65. The van der Waals surface area contributed by atoms with Gasteiger partial charge in [0.1, 0.15) is 0 Å². The Bertz CT molecular complexity index is 472. The van der Waals surface area contributed by atoms with Gasteiger partial charge in [-0.1, -0.05) is 56.4 Å². The lowest BCUT2D eigenvalue weighted by Gasteiger charge is -2.21. The highest BCUT2D eigenvalue weighted by molar-refractivity contribution is 7.80. The van der Waals surface area contributed by atoms with Crippen LogP contribution in [-0.4, -0.2) is 16.9 Å². The van der Waals surface area contributed by atoms with E-state index in [1.165, 1.54) is 5.56 Å². The third-order valence-electron chi connectivity index (χ3n) is 3.63. The molecule has 1 aliphatic rings. The van der Waals surface area contributed by atoms with Gasteiger partial charge in [0.25, 0.3) is 0 Å². The molecule has 19 heavy (non-hydrogen) atoms. The second kappa shape index (κ2) is 5.70. The second-order valence-corrected chi connectivity index (χ2v) is 5.96. The Morgan fingerprint density at radius 1 is 1.37 bits per heavy atom. The number of carbonyl (C=O) groups is 1. The maximum atomic E-state index is 12.2. The Labute approximate surface area is 119 Å². The number of benzene rings is 1. The van der Waals surface area contributed by atoms with E-state index in [4.69, 9.17) is 18.0 Å². The minimum absolute atomic E-state index is 0.0676. The lowest BCUT2D eigenvalue weighted by atomic mass is 10.0. The Morgan fingerprint density at radius 2 is 2.00 bits per heavy atom. The van der Waals surface area contributed by atoms with Gasteiger partial charge in [0.05, 0.1) is 11.0 Å². The quantitative estimate of drug-likeness (QED) is 0.811. The van der Waals surface area contributed by atoms with Crippen LogP contribution < -0.4 is 11.1 Å². The van der Waals surface area contributed by atoms with Gasteiger partial charge in [0, 0.05) is 5.92 Å². The van der Waals surface area contributed by atoms with Crippen molar-refractivity contribution in [2.45, 2.75) is 32.2 Å². The van der Waals surface area contributed by atoms with Gasteiger partial charge in [-0.3, -0.25) is 4.79 Å². The zero-order valence-corrected chi connectivity index (χ0v) is 12.1. The molecule has 1 fully saturated rings. The lowest BCUT2D eigenvalue weighted by molar-refractivity contribution is -0.122. The molecule has 3 unspecified atom stereocenters. The number of nitrogens with two attached hydrogens (primary N) is 1. The van der Waals surface area contributed by atoms with E-state index in [1.54, 1.807) is 0 Å². The molecule has 1 aromatic rings. The van der Waals surface area contributed by atoms with Crippen molar-refractivity contribution >= 4 is 23.1 Å². The van der Waals surface area contributed by atoms with Gasteiger partial charge in [-0.25, -0.2) is 0 Å². The average Bonchev–Trinajstić information content (AvgIpc) is 3.16. The molecule has 0 spiro atoms. The molecule has 0 bridgehead atoms. The first kappa shape index (κ1) is 14.0. The zero-order valence-electron chi connectivity index (χ0n) is 11.3. The van der Waals surface area contributed by atoms with Crippen LogP contribution in [0, 0.1) is 11.8 Å². The molecule has 1 aliphatic carbocycles. The van der Waals surface area contributed by atoms with E-state index in [9.17, 15) is 4.79 Å². The second-order valence-electron chi connectivity index (χ2n) is 5.49. The first-order chi connectivity index (χ1) is 9.00. The molecule has 0 heterocycles. The molecular formula is C15H20N2OS. The van der Waals surface area contributed by atoms with E-state index in [-0.39, 0.29) is 23.8 Å². The van der Waals surface area contributed by atoms with Gasteiger partial charge >= 0.3 is 0 Å². The van der Waals surface area contributed by atoms with E-state index in [0.29, 0.717) is 10.9 Å². The number of rotatable bonds is 5. The van der Waals surface area contributed by atoms with Crippen molar-refractivity contribution in [3.63, 3.8) is 0 Å². The topological polar surface area (TPSA) is 55.1 Å². The van der Waals surface area contributed by atoms with Gasteiger partial charge in [0.2, 0.25) is 5.91 Å². The summed E-state index contributed by atoms with van der Waals surface area (Å²) in [6.45, 7) is 4.01. The first-order valence-corrected chi connectivity index (χ1v) is 7.06. The summed E-state index contributed by atoms with van der Waals surface area (Å²) in [5.41, 5.74) is 6.90. The third-order valence-corrected chi connectivity index (χ3v) is 3.88. The number of amides is 1. The van der Waals surface area contributed by atoms with E-state index < -0.39 is 0 Å². The van der Waals surface area contributed by atoms with Gasteiger partial charge < -0.3 is 11.1 Å².